The maximum atomic E-state index is 15.1. The van der Waals surface area contributed by atoms with Gasteiger partial charge < -0.3 is 10.1 Å². The highest BCUT2D eigenvalue weighted by atomic mass is 32.2. The lowest BCUT2D eigenvalue weighted by Crippen LogP contribution is -2.29. The molecule has 5 aromatic rings. The van der Waals surface area contributed by atoms with Crippen LogP contribution in [-0.4, -0.2) is 52.3 Å². The van der Waals surface area contributed by atoms with Gasteiger partial charge in [-0.25, -0.2) is 22.4 Å². The second-order valence-electron chi connectivity index (χ2n) is 9.64. The van der Waals surface area contributed by atoms with E-state index in [9.17, 15) is 8.42 Å². The van der Waals surface area contributed by atoms with Gasteiger partial charge in [-0.1, -0.05) is 17.7 Å². The lowest BCUT2D eigenvalue weighted by molar-refractivity contribution is 0.334. The average molecular weight is 547 g/mol. The number of rotatable bonds is 6. The summed E-state index contributed by atoms with van der Waals surface area (Å²) in [5.41, 5.74) is 3.27. The van der Waals surface area contributed by atoms with Gasteiger partial charge in [-0.05, 0) is 57.1 Å². The molecule has 9 nitrogen and oxygen atoms in total. The summed E-state index contributed by atoms with van der Waals surface area (Å²) in [4.78, 5) is 8.97. The van der Waals surface area contributed by atoms with Crippen molar-refractivity contribution in [2.24, 2.45) is 0 Å². The van der Waals surface area contributed by atoms with Crippen molar-refractivity contribution >= 4 is 21.1 Å². The second kappa shape index (κ2) is 9.90. The van der Waals surface area contributed by atoms with Crippen LogP contribution in [-0.2, 0) is 10.0 Å². The largest absolute Gasteiger partial charge is 0.481 e. The van der Waals surface area contributed by atoms with Crippen LogP contribution in [0, 0.1) is 12.9 Å². The third-order valence-electron chi connectivity index (χ3n) is 7.13. The number of nitrogens with one attached hydrogen (secondary N) is 1. The van der Waals surface area contributed by atoms with E-state index in [2.05, 4.69) is 20.4 Å². The van der Waals surface area contributed by atoms with E-state index in [1.165, 1.54) is 23.5 Å². The smallest absolute Gasteiger partial charge is 0.269 e. The number of fused-ring (bicyclic) bond motifs is 1. The van der Waals surface area contributed by atoms with Gasteiger partial charge in [-0.2, -0.15) is 4.39 Å². The highest BCUT2D eigenvalue weighted by Crippen LogP contribution is 2.35. The van der Waals surface area contributed by atoms with Gasteiger partial charge in [0.15, 0.2) is 5.65 Å². The molecule has 1 aromatic carbocycles. The van der Waals surface area contributed by atoms with Gasteiger partial charge in [0.05, 0.1) is 23.6 Å². The Morgan fingerprint density at radius 3 is 2.41 bits per heavy atom. The van der Waals surface area contributed by atoms with Crippen LogP contribution in [0.3, 0.4) is 0 Å². The summed E-state index contributed by atoms with van der Waals surface area (Å²) in [5, 5.41) is 8.00. The Balaban J connectivity index is 1.51. The third-order valence-corrected chi connectivity index (χ3v) is 8.79. The number of piperidine rings is 1. The molecule has 1 saturated heterocycles. The molecule has 0 radical (unpaired) electrons. The van der Waals surface area contributed by atoms with Crippen molar-refractivity contribution in [2.75, 3.05) is 20.2 Å². The van der Waals surface area contributed by atoms with Crippen LogP contribution in [0.25, 0.3) is 33.3 Å². The van der Waals surface area contributed by atoms with E-state index in [1.54, 1.807) is 59.5 Å². The molecule has 0 atom stereocenters. The molecule has 0 spiro atoms. The fourth-order valence-corrected chi connectivity index (χ4v) is 6.27. The van der Waals surface area contributed by atoms with Crippen LogP contribution in [0.15, 0.2) is 72.1 Å². The molecule has 0 bridgehead atoms. The van der Waals surface area contributed by atoms with Crippen LogP contribution in [0.4, 0.5) is 4.39 Å². The zero-order valence-corrected chi connectivity index (χ0v) is 22.3. The van der Waals surface area contributed by atoms with Crippen LogP contribution < -0.4 is 10.1 Å². The molecule has 1 N–H and O–H groups in total. The quantitative estimate of drug-likeness (QED) is 0.333. The van der Waals surface area contributed by atoms with E-state index in [1.807, 2.05) is 6.92 Å². The van der Waals surface area contributed by atoms with Gasteiger partial charge in [0.25, 0.3) is 10.0 Å². The Bertz CT molecular complexity index is 1760. The average Bonchev–Trinajstić information content (AvgIpc) is 3.55. The molecule has 6 rings (SSSR count). The first kappa shape index (κ1) is 25.2. The normalized spacial score (nSPS) is 14.6. The predicted molar refractivity (Wildman–Crippen MR) is 146 cm³/mol. The zero-order valence-electron chi connectivity index (χ0n) is 21.5. The highest BCUT2D eigenvalue weighted by Gasteiger charge is 2.25. The molecule has 1 aliphatic rings. The van der Waals surface area contributed by atoms with Crippen molar-refractivity contribution in [1.29, 1.82) is 0 Å². The summed E-state index contributed by atoms with van der Waals surface area (Å²) >= 11 is 0. The van der Waals surface area contributed by atoms with Gasteiger partial charge in [-0.3, -0.25) is 4.68 Å². The highest BCUT2D eigenvalue weighted by molar-refractivity contribution is 7.90. The first-order valence-corrected chi connectivity index (χ1v) is 14.1. The number of hydrogen-bond donors (Lipinski definition) is 1. The number of pyridine rings is 2. The van der Waals surface area contributed by atoms with Crippen LogP contribution in [0.1, 0.15) is 24.4 Å². The number of aryl methyl sites for hydroxylation is 1. The SMILES string of the molecule is COc1ccc(-c2cn(S(=O)(=O)c3ccc(C)cc3)c3ncc(-c4cn(C5CCNCC5)nc4F)cc23)cn1. The molecule has 0 amide bonds. The van der Waals surface area contributed by atoms with Gasteiger partial charge in [-0.15, -0.1) is 5.10 Å². The van der Waals surface area contributed by atoms with Crippen LogP contribution >= 0.6 is 0 Å². The molecule has 1 fully saturated rings. The summed E-state index contributed by atoms with van der Waals surface area (Å²) in [6.45, 7) is 3.61. The van der Waals surface area contributed by atoms with E-state index in [4.69, 9.17) is 4.74 Å². The molecule has 0 saturated carbocycles. The lowest BCUT2D eigenvalue weighted by atomic mass is 10.0. The molecule has 200 valence electrons. The van der Waals surface area contributed by atoms with Crippen LogP contribution in [0.2, 0.25) is 0 Å². The van der Waals surface area contributed by atoms with E-state index >= 15 is 4.39 Å². The van der Waals surface area contributed by atoms with E-state index in [0.717, 1.165) is 31.5 Å². The van der Waals surface area contributed by atoms with Crippen molar-refractivity contribution in [3.63, 3.8) is 0 Å². The molecular weight excluding hydrogens is 519 g/mol. The standard InChI is InChI=1S/C28H27FN6O3S/c1-18-3-6-22(7-4-18)39(36,37)35-17-24(19-5-8-26(38-2)31-14-19)23-13-20(15-32-28(23)35)25-16-34(33-27(25)29)21-9-11-30-12-10-21/h3-8,13-17,21,30H,9-12H2,1-2H3. The Labute approximate surface area is 225 Å². The minimum absolute atomic E-state index is 0.118. The summed E-state index contributed by atoms with van der Waals surface area (Å²) in [6, 6.07) is 12.0. The Morgan fingerprint density at radius 2 is 1.72 bits per heavy atom. The first-order valence-electron chi connectivity index (χ1n) is 12.6. The molecule has 0 unspecified atom stereocenters. The van der Waals surface area contributed by atoms with Crippen molar-refractivity contribution in [3.05, 3.63) is 78.8 Å². The van der Waals surface area contributed by atoms with E-state index < -0.39 is 16.0 Å². The topological polar surface area (TPSA) is 104 Å². The first-order chi connectivity index (χ1) is 18.8. The van der Waals surface area contributed by atoms with Crippen LogP contribution in [0.5, 0.6) is 5.88 Å². The van der Waals surface area contributed by atoms with E-state index in [-0.39, 0.29) is 16.6 Å². The third kappa shape index (κ3) is 4.57. The van der Waals surface area contributed by atoms with E-state index in [0.29, 0.717) is 33.5 Å². The van der Waals surface area contributed by atoms with Gasteiger partial charge >= 0.3 is 0 Å². The molecule has 0 aliphatic carbocycles. The number of methoxy groups -OCH3 is 1. The summed E-state index contributed by atoms with van der Waals surface area (Å²) in [7, 11) is -2.44. The summed E-state index contributed by atoms with van der Waals surface area (Å²) in [6.07, 6.45) is 8.08. The predicted octanol–water partition coefficient (Wildman–Crippen LogP) is 4.58. The van der Waals surface area contributed by atoms with Crippen molar-refractivity contribution in [2.45, 2.75) is 30.7 Å². The van der Waals surface area contributed by atoms with Gasteiger partial charge in [0.2, 0.25) is 11.8 Å². The van der Waals surface area contributed by atoms with Gasteiger partial charge in [0, 0.05) is 52.9 Å². The zero-order chi connectivity index (χ0) is 27.1. The Kier molecular flexibility index (Phi) is 6.40. The van der Waals surface area contributed by atoms with Gasteiger partial charge in [0.1, 0.15) is 0 Å². The number of ether oxygens (including phenoxy) is 1. The molecule has 4 aromatic heterocycles. The Hall–Kier alpha value is -4.09. The minimum atomic E-state index is -3.97. The van der Waals surface area contributed by atoms with Crippen molar-refractivity contribution < 1.29 is 17.5 Å². The minimum Gasteiger partial charge on any atom is -0.481 e. The second-order valence-corrected chi connectivity index (χ2v) is 11.5. The molecular formula is C28H27FN6O3S. The maximum absolute atomic E-state index is 15.1. The number of nitrogens with zero attached hydrogens (tertiary/aromatic N) is 5. The fourth-order valence-electron chi connectivity index (χ4n) is 4.95. The number of halogens is 1. The fraction of sp³-hybridized carbons (Fsp3) is 0.250. The molecule has 1 aliphatic heterocycles. The maximum Gasteiger partial charge on any atom is 0.269 e. The monoisotopic (exact) mass is 546 g/mol. The number of hydrogen-bond acceptors (Lipinski definition) is 7. The summed E-state index contributed by atoms with van der Waals surface area (Å²) < 4.78 is 50.6. The summed E-state index contributed by atoms with van der Waals surface area (Å²) in [5.74, 6) is -0.157. The molecule has 5 heterocycles. The Morgan fingerprint density at radius 1 is 0.974 bits per heavy atom. The lowest BCUT2D eigenvalue weighted by Gasteiger charge is -2.22. The molecule has 11 heteroatoms. The number of aromatic nitrogens is 5. The number of benzene rings is 1. The molecule has 39 heavy (non-hydrogen) atoms. The van der Waals surface area contributed by atoms with Crippen molar-refractivity contribution in [1.82, 2.24) is 29.0 Å². The van der Waals surface area contributed by atoms with Crippen molar-refractivity contribution in [3.8, 4) is 28.1 Å².